The van der Waals surface area contributed by atoms with Crippen molar-refractivity contribution in [1.29, 1.82) is 0 Å². The van der Waals surface area contributed by atoms with Gasteiger partial charge in [-0.1, -0.05) is 0 Å². The summed E-state index contributed by atoms with van der Waals surface area (Å²) in [5.74, 6) is 0.631. The second-order valence-electron chi connectivity index (χ2n) is 7.02. The SMILES string of the molecule is Cn1cc(CNc2cc(OCC3CC3c3ccc(F)cn3)nn(C)c2=O)cn1. The van der Waals surface area contributed by atoms with Crippen LogP contribution in [0.15, 0.2) is 41.6 Å². The first-order valence-corrected chi connectivity index (χ1v) is 9.03. The van der Waals surface area contributed by atoms with Crippen molar-refractivity contribution in [3.05, 3.63) is 64.2 Å². The molecule has 2 unspecified atom stereocenters. The van der Waals surface area contributed by atoms with E-state index in [-0.39, 0.29) is 17.3 Å². The van der Waals surface area contributed by atoms with Gasteiger partial charge in [0.15, 0.2) is 0 Å². The van der Waals surface area contributed by atoms with Crippen molar-refractivity contribution < 1.29 is 9.13 Å². The van der Waals surface area contributed by atoms with Crippen LogP contribution in [0.25, 0.3) is 0 Å². The van der Waals surface area contributed by atoms with Crippen molar-refractivity contribution in [2.75, 3.05) is 11.9 Å². The monoisotopic (exact) mass is 384 g/mol. The van der Waals surface area contributed by atoms with Crippen LogP contribution in [0.3, 0.4) is 0 Å². The Morgan fingerprint density at radius 2 is 2.18 bits per heavy atom. The third kappa shape index (κ3) is 4.03. The third-order valence-electron chi connectivity index (χ3n) is 4.78. The molecule has 0 radical (unpaired) electrons. The van der Waals surface area contributed by atoms with Gasteiger partial charge in [0.1, 0.15) is 11.5 Å². The molecule has 1 N–H and O–H groups in total. The summed E-state index contributed by atoms with van der Waals surface area (Å²) in [6.07, 6.45) is 5.80. The molecule has 0 saturated heterocycles. The quantitative estimate of drug-likeness (QED) is 0.669. The molecule has 0 aliphatic heterocycles. The molecule has 0 amide bonds. The van der Waals surface area contributed by atoms with Gasteiger partial charge in [-0.15, -0.1) is 5.10 Å². The van der Waals surface area contributed by atoms with Crippen LogP contribution in [0.5, 0.6) is 5.88 Å². The van der Waals surface area contributed by atoms with Gasteiger partial charge in [-0.3, -0.25) is 14.5 Å². The number of rotatable bonds is 7. The van der Waals surface area contributed by atoms with Crippen LogP contribution in [0.2, 0.25) is 0 Å². The molecule has 3 aromatic heterocycles. The Morgan fingerprint density at radius 3 is 2.89 bits per heavy atom. The lowest BCUT2D eigenvalue weighted by atomic mass is 10.2. The summed E-state index contributed by atoms with van der Waals surface area (Å²) >= 11 is 0. The predicted octanol–water partition coefficient (Wildman–Crippen LogP) is 1.84. The molecule has 0 spiro atoms. The molecule has 2 atom stereocenters. The van der Waals surface area contributed by atoms with Crippen molar-refractivity contribution in [2.45, 2.75) is 18.9 Å². The molecule has 1 saturated carbocycles. The van der Waals surface area contributed by atoms with Gasteiger partial charge in [0, 0.05) is 56.0 Å². The molecule has 146 valence electrons. The number of aromatic nitrogens is 5. The fourth-order valence-corrected chi connectivity index (χ4v) is 3.13. The molecule has 1 fully saturated rings. The molecular formula is C19H21FN6O2. The molecule has 0 bridgehead atoms. The highest BCUT2D eigenvalue weighted by atomic mass is 19.1. The average molecular weight is 384 g/mol. The molecule has 4 rings (SSSR count). The maximum atomic E-state index is 13.0. The fraction of sp³-hybridized carbons (Fsp3) is 0.368. The molecule has 0 aromatic carbocycles. The standard InChI is InChI=1S/C19H21FN6O2/c1-25-10-12(8-23-25)7-21-17-6-18(24-26(2)19(17)27)28-11-13-5-15(13)16-4-3-14(20)9-22-16/h3-4,6,8-10,13,15,21H,5,7,11H2,1-2H3. The lowest BCUT2D eigenvalue weighted by Crippen LogP contribution is -2.24. The van der Waals surface area contributed by atoms with Gasteiger partial charge in [-0.05, 0) is 18.6 Å². The Labute approximate surface area is 161 Å². The van der Waals surface area contributed by atoms with Crippen LogP contribution in [-0.4, -0.2) is 31.2 Å². The number of pyridine rings is 1. The maximum absolute atomic E-state index is 13.0. The summed E-state index contributed by atoms with van der Waals surface area (Å²) in [5, 5.41) is 11.4. The smallest absolute Gasteiger partial charge is 0.290 e. The summed E-state index contributed by atoms with van der Waals surface area (Å²) in [6.45, 7) is 0.949. The average Bonchev–Trinajstić information content (AvgIpc) is 3.34. The Balaban J connectivity index is 1.37. The van der Waals surface area contributed by atoms with Crippen molar-refractivity contribution in [1.82, 2.24) is 24.5 Å². The van der Waals surface area contributed by atoms with E-state index < -0.39 is 0 Å². The van der Waals surface area contributed by atoms with Crippen molar-refractivity contribution in [3.63, 3.8) is 0 Å². The number of halogens is 1. The van der Waals surface area contributed by atoms with E-state index in [0.29, 0.717) is 30.6 Å². The van der Waals surface area contributed by atoms with Crippen LogP contribution in [0.1, 0.15) is 23.6 Å². The van der Waals surface area contributed by atoms with Gasteiger partial charge in [-0.25, -0.2) is 9.07 Å². The molecule has 1 aliphatic carbocycles. The number of hydrogen-bond acceptors (Lipinski definition) is 6. The molecule has 3 aromatic rings. The Morgan fingerprint density at radius 1 is 1.32 bits per heavy atom. The van der Waals surface area contributed by atoms with Gasteiger partial charge >= 0.3 is 0 Å². The summed E-state index contributed by atoms with van der Waals surface area (Å²) in [6, 6.07) is 4.75. The second kappa shape index (κ2) is 7.41. The van der Waals surface area contributed by atoms with E-state index in [4.69, 9.17) is 4.74 Å². The first kappa shape index (κ1) is 18.1. The van der Waals surface area contributed by atoms with Crippen LogP contribution in [0.4, 0.5) is 10.1 Å². The highest BCUT2D eigenvalue weighted by molar-refractivity contribution is 5.43. The number of aryl methyl sites for hydroxylation is 2. The third-order valence-corrected chi connectivity index (χ3v) is 4.78. The summed E-state index contributed by atoms with van der Waals surface area (Å²) in [5.41, 5.74) is 2.04. The van der Waals surface area contributed by atoms with Crippen molar-refractivity contribution in [3.8, 4) is 5.88 Å². The van der Waals surface area contributed by atoms with Crippen LogP contribution in [0, 0.1) is 11.7 Å². The zero-order valence-corrected chi connectivity index (χ0v) is 15.7. The molecule has 8 nitrogen and oxygen atoms in total. The predicted molar refractivity (Wildman–Crippen MR) is 101 cm³/mol. The molecular weight excluding hydrogens is 363 g/mol. The highest BCUT2D eigenvalue weighted by Gasteiger charge is 2.40. The van der Waals surface area contributed by atoms with E-state index in [9.17, 15) is 9.18 Å². The van der Waals surface area contributed by atoms with E-state index >= 15 is 0 Å². The number of ether oxygens (including phenoxy) is 1. The van der Waals surface area contributed by atoms with Gasteiger partial charge < -0.3 is 10.1 Å². The minimum absolute atomic E-state index is 0.226. The normalized spacial score (nSPS) is 18.1. The summed E-state index contributed by atoms with van der Waals surface area (Å²) in [7, 11) is 3.43. The zero-order chi connectivity index (χ0) is 19.7. The fourth-order valence-electron chi connectivity index (χ4n) is 3.13. The van der Waals surface area contributed by atoms with E-state index in [1.165, 1.54) is 16.9 Å². The van der Waals surface area contributed by atoms with Crippen molar-refractivity contribution >= 4 is 5.69 Å². The minimum Gasteiger partial charge on any atom is -0.476 e. The lowest BCUT2D eigenvalue weighted by molar-refractivity contribution is 0.278. The van der Waals surface area contributed by atoms with E-state index in [1.54, 1.807) is 30.1 Å². The molecule has 9 heteroatoms. The number of hydrogen-bond donors (Lipinski definition) is 1. The van der Waals surface area contributed by atoms with Gasteiger partial charge in [0.2, 0.25) is 5.88 Å². The minimum atomic E-state index is -0.335. The lowest BCUT2D eigenvalue weighted by Gasteiger charge is -2.10. The first-order valence-electron chi connectivity index (χ1n) is 9.03. The van der Waals surface area contributed by atoms with Crippen molar-refractivity contribution in [2.24, 2.45) is 20.0 Å². The largest absolute Gasteiger partial charge is 0.476 e. The maximum Gasteiger partial charge on any atom is 0.290 e. The summed E-state index contributed by atoms with van der Waals surface area (Å²) < 4.78 is 21.8. The first-order chi connectivity index (χ1) is 13.5. The molecule has 28 heavy (non-hydrogen) atoms. The highest BCUT2D eigenvalue weighted by Crippen LogP contribution is 2.46. The van der Waals surface area contributed by atoms with E-state index in [2.05, 4.69) is 20.5 Å². The second-order valence-corrected chi connectivity index (χ2v) is 7.02. The van der Waals surface area contributed by atoms with Crippen LogP contribution in [-0.2, 0) is 20.6 Å². The van der Waals surface area contributed by atoms with E-state index in [1.807, 2.05) is 13.2 Å². The van der Waals surface area contributed by atoms with Crippen LogP contribution >= 0.6 is 0 Å². The topological polar surface area (TPSA) is 86.9 Å². The van der Waals surface area contributed by atoms with Crippen LogP contribution < -0.4 is 15.6 Å². The van der Waals surface area contributed by atoms with Gasteiger partial charge in [-0.2, -0.15) is 5.10 Å². The van der Waals surface area contributed by atoms with Gasteiger partial charge in [0.25, 0.3) is 5.56 Å². The van der Waals surface area contributed by atoms with Gasteiger partial charge in [0.05, 0.1) is 19.0 Å². The van der Waals surface area contributed by atoms with E-state index in [0.717, 1.165) is 17.7 Å². The zero-order valence-electron chi connectivity index (χ0n) is 15.7. The Kier molecular flexibility index (Phi) is 4.81. The number of nitrogens with one attached hydrogen (secondary N) is 1. The molecule has 1 aliphatic rings. The Hall–Kier alpha value is -3.23. The summed E-state index contributed by atoms with van der Waals surface area (Å²) in [4.78, 5) is 16.4. The number of nitrogens with zero attached hydrogens (tertiary/aromatic N) is 5. The Bertz CT molecular complexity index is 1030. The number of anilines is 1. The molecule has 3 heterocycles.